The van der Waals surface area contributed by atoms with Crippen molar-refractivity contribution in [1.82, 2.24) is 0 Å². The molecule has 0 atom stereocenters. The highest BCUT2D eigenvalue weighted by molar-refractivity contribution is 5.96. The lowest BCUT2D eigenvalue weighted by Gasteiger charge is -2.21. The van der Waals surface area contributed by atoms with Gasteiger partial charge in [-0.3, -0.25) is 4.79 Å². The highest BCUT2D eigenvalue weighted by atomic mass is 19.1. The molecule has 0 amide bonds. The van der Waals surface area contributed by atoms with Crippen LogP contribution in [0, 0.1) is 24.5 Å². The topological polar surface area (TPSA) is 17.1 Å². The van der Waals surface area contributed by atoms with Crippen LogP contribution in [0.25, 0.3) is 0 Å². The third-order valence-electron chi connectivity index (χ3n) is 4.07. The van der Waals surface area contributed by atoms with Crippen LogP contribution in [-0.4, -0.2) is 5.78 Å². The lowest BCUT2D eigenvalue weighted by molar-refractivity contribution is 0.0961. The van der Waals surface area contributed by atoms with Crippen LogP contribution in [0.4, 0.5) is 8.78 Å². The number of aryl methyl sites for hydroxylation is 1. The zero-order valence-electron chi connectivity index (χ0n) is 11.3. The average Bonchev–Trinajstić information content (AvgIpc) is 2.42. The Morgan fingerprint density at radius 1 is 1.21 bits per heavy atom. The summed E-state index contributed by atoms with van der Waals surface area (Å²) in [4.78, 5) is 12.0. The van der Waals surface area contributed by atoms with E-state index in [1.165, 1.54) is 31.4 Å². The molecule has 19 heavy (non-hydrogen) atoms. The van der Waals surface area contributed by atoms with E-state index in [0.717, 1.165) is 19.3 Å². The molecule has 104 valence electrons. The molecule has 1 nitrogen and oxygen atoms in total. The minimum Gasteiger partial charge on any atom is -0.294 e. The van der Waals surface area contributed by atoms with Crippen LogP contribution in [0.5, 0.6) is 0 Å². The summed E-state index contributed by atoms with van der Waals surface area (Å²) < 4.78 is 27.4. The Morgan fingerprint density at radius 2 is 1.89 bits per heavy atom. The number of carbonyl (C=O) groups is 1. The molecule has 0 heterocycles. The van der Waals surface area contributed by atoms with Crippen molar-refractivity contribution in [2.45, 2.75) is 51.9 Å². The maximum atomic E-state index is 13.8. The van der Waals surface area contributed by atoms with Gasteiger partial charge in [-0.25, -0.2) is 8.78 Å². The number of Topliss-reactive ketones (excluding diaryl/α,β-unsaturated/α-hetero) is 1. The van der Waals surface area contributed by atoms with Gasteiger partial charge in [-0.2, -0.15) is 0 Å². The number of benzene rings is 1. The van der Waals surface area contributed by atoms with Crippen LogP contribution in [0.1, 0.15) is 60.9 Å². The van der Waals surface area contributed by atoms with Crippen molar-refractivity contribution in [2.24, 2.45) is 5.92 Å². The molecule has 0 aliphatic heterocycles. The third-order valence-corrected chi connectivity index (χ3v) is 4.07. The van der Waals surface area contributed by atoms with E-state index < -0.39 is 17.4 Å². The quantitative estimate of drug-likeness (QED) is 0.714. The van der Waals surface area contributed by atoms with E-state index in [-0.39, 0.29) is 12.0 Å². The Labute approximate surface area is 113 Å². The minimum absolute atomic E-state index is 0.252. The molecule has 0 aromatic heterocycles. The molecule has 0 spiro atoms. The molecular formula is C16H20F2O. The minimum atomic E-state index is -0.739. The van der Waals surface area contributed by atoms with Crippen LogP contribution < -0.4 is 0 Å². The summed E-state index contributed by atoms with van der Waals surface area (Å²) >= 11 is 0. The van der Waals surface area contributed by atoms with Gasteiger partial charge in [0, 0.05) is 6.42 Å². The maximum Gasteiger partial charge on any atom is 0.168 e. The first-order chi connectivity index (χ1) is 9.09. The van der Waals surface area contributed by atoms with Gasteiger partial charge in [-0.05, 0) is 30.9 Å². The van der Waals surface area contributed by atoms with Gasteiger partial charge in [0.1, 0.15) is 11.6 Å². The van der Waals surface area contributed by atoms with E-state index in [9.17, 15) is 13.6 Å². The summed E-state index contributed by atoms with van der Waals surface area (Å²) in [5, 5.41) is 0. The molecule has 0 saturated heterocycles. The fraction of sp³-hybridized carbons (Fsp3) is 0.562. The molecule has 3 heteroatoms. The van der Waals surface area contributed by atoms with Crippen LogP contribution in [0.3, 0.4) is 0 Å². The van der Waals surface area contributed by atoms with Crippen molar-refractivity contribution in [1.29, 1.82) is 0 Å². The van der Waals surface area contributed by atoms with Crippen LogP contribution >= 0.6 is 0 Å². The van der Waals surface area contributed by atoms with Crippen LogP contribution in [0.2, 0.25) is 0 Å². The van der Waals surface area contributed by atoms with Gasteiger partial charge in [-0.15, -0.1) is 0 Å². The van der Waals surface area contributed by atoms with Gasteiger partial charge in [0.15, 0.2) is 5.78 Å². The fourth-order valence-electron chi connectivity index (χ4n) is 2.85. The van der Waals surface area contributed by atoms with E-state index in [1.807, 2.05) is 0 Å². The van der Waals surface area contributed by atoms with Crippen molar-refractivity contribution in [3.8, 4) is 0 Å². The molecule has 1 aliphatic carbocycles. The van der Waals surface area contributed by atoms with Gasteiger partial charge in [0.25, 0.3) is 0 Å². The standard InChI is InChI=1S/C16H20F2O/c1-11-7-9-13(17)15(16(11)18)14(19)10-8-12-5-3-2-4-6-12/h7,9,12H,2-6,8,10H2,1H3. The van der Waals surface area contributed by atoms with Gasteiger partial charge >= 0.3 is 0 Å². The third kappa shape index (κ3) is 3.40. The molecule has 1 aromatic rings. The number of carbonyl (C=O) groups excluding carboxylic acids is 1. The molecule has 1 fully saturated rings. The first kappa shape index (κ1) is 14.2. The second-order valence-corrected chi connectivity index (χ2v) is 5.52. The molecule has 0 N–H and O–H groups in total. The molecule has 2 rings (SSSR count). The van der Waals surface area contributed by atoms with E-state index in [0.29, 0.717) is 11.5 Å². The summed E-state index contributed by atoms with van der Waals surface area (Å²) in [6, 6.07) is 2.54. The summed E-state index contributed by atoms with van der Waals surface area (Å²) in [7, 11) is 0. The van der Waals surface area contributed by atoms with Crippen molar-refractivity contribution < 1.29 is 13.6 Å². The first-order valence-electron chi connectivity index (χ1n) is 7.07. The Hall–Kier alpha value is -1.25. The molecule has 1 saturated carbocycles. The zero-order chi connectivity index (χ0) is 13.8. The molecule has 0 bridgehead atoms. The number of halogens is 2. The first-order valence-corrected chi connectivity index (χ1v) is 7.07. The van der Waals surface area contributed by atoms with Crippen LogP contribution in [-0.2, 0) is 0 Å². The van der Waals surface area contributed by atoms with Crippen molar-refractivity contribution in [2.75, 3.05) is 0 Å². The Morgan fingerprint density at radius 3 is 2.58 bits per heavy atom. The van der Waals surface area contributed by atoms with Crippen molar-refractivity contribution >= 4 is 5.78 Å². The highest BCUT2D eigenvalue weighted by Gasteiger charge is 2.21. The summed E-state index contributed by atoms with van der Waals surface area (Å²) in [6.07, 6.45) is 7.00. The maximum absolute atomic E-state index is 13.8. The van der Waals surface area contributed by atoms with Gasteiger partial charge in [0.05, 0.1) is 5.56 Å². The molecule has 0 unspecified atom stereocenters. The summed E-state index contributed by atoms with van der Waals surface area (Å²) in [6.45, 7) is 1.55. The zero-order valence-corrected chi connectivity index (χ0v) is 11.3. The average molecular weight is 266 g/mol. The normalized spacial score (nSPS) is 16.6. The Kier molecular flexibility index (Phi) is 4.67. The van der Waals surface area contributed by atoms with Crippen molar-refractivity contribution in [3.63, 3.8) is 0 Å². The molecular weight excluding hydrogens is 246 g/mol. The second kappa shape index (κ2) is 6.27. The number of rotatable bonds is 4. The van der Waals surface area contributed by atoms with Crippen LogP contribution in [0.15, 0.2) is 12.1 Å². The highest BCUT2D eigenvalue weighted by Crippen LogP contribution is 2.28. The van der Waals surface area contributed by atoms with Gasteiger partial charge in [-0.1, -0.05) is 38.2 Å². The molecule has 1 aliphatic rings. The van der Waals surface area contributed by atoms with E-state index >= 15 is 0 Å². The van der Waals surface area contributed by atoms with E-state index in [2.05, 4.69) is 0 Å². The monoisotopic (exact) mass is 266 g/mol. The number of ketones is 1. The fourth-order valence-corrected chi connectivity index (χ4v) is 2.85. The van der Waals surface area contributed by atoms with Gasteiger partial charge in [0.2, 0.25) is 0 Å². The molecule has 0 radical (unpaired) electrons. The van der Waals surface area contributed by atoms with Crippen molar-refractivity contribution in [3.05, 3.63) is 34.9 Å². The number of hydrogen-bond acceptors (Lipinski definition) is 1. The second-order valence-electron chi connectivity index (χ2n) is 5.52. The summed E-state index contributed by atoms with van der Waals surface area (Å²) in [5.41, 5.74) is -0.0294. The van der Waals surface area contributed by atoms with Gasteiger partial charge < -0.3 is 0 Å². The predicted octanol–water partition coefficient (Wildman–Crippen LogP) is 4.82. The lowest BCUT2D eigenvalue weighted by Crippen LogP contribution is -2.12. The summed E-state index contributed by atoms with van der Waals surface area (Å²) in [5.74, 6) is -1.29. The van der Waals surface area contributed by atoms with E-state index in [4.69, 9.17) is 0 Å². The number of hydrogen-bond donors (Lipinski definition) is 0. The van der Waals surface area contributed by atoms with E-state index in [1.54, 1.807) is 6.92 Å². The lowest BCUT2D eigenvalue weighted by atomic mass is 9.85. The smallest absolute Gasteiger partial charge is 0.168 e. The largest absolute Gasteiger partial charge is 0.294 e. The Balaban J connectivity index is 2.01. The molecule has 1 aromatic carbocycles. The predicted molar refractivity (Wildman–Crippen MR) is 71.2 cm³/mol. The Bertz CT molecular complexity index is 462. The SMILES string of the molecule is Cc1ccc(F)c(C(=O)CCC2CCCCC2)c1F.